The SMILES string of the molecule is CC1(C)CCC(C)(C)c2cc(-c3ccccc3N(c3ccc(-c4cccc5ccccc45)cc3)c3ccc4c(c3)C3(c5ccccc5-4)C4CC5CC(C4)CC3C5)ccc21. The first-order chi connectivity index (χ1) is 28.7. The fourth-order valence-corrected chi connectivity index (χ4v) is 13.6. The second kappa shape index (κ2) is 12.8. The van der Waals surface area contributed by atoms with Crippen molar-refractivity contribution in [2.24, 2.45) is 23.7 Å². The zero-order valence-corrected chi connectivity index (χ0v) is 35.1. The van der Waals surface area contributed by atoms with Crippen LogP contribution in [0.1, 0.15) is 94.9 Å². The van der Waals surface area contributed by atoms with Crippen molar-refractivity contribution >= 4 is 27.8 Å². The molecule has 0 aliphatic heterocycles. The first kappa shape index (κ1) is 35.5. The minimum Gasteiger partial charge on any atom is -0.310 e. The van der Waals surface area contributed by atoms with Crippen LogP contribution in [0.5, 0.6) is 0 Å². The second-order valence-corrected chi connectivity index (χ2v) is 20.4. The van der Waals surface area contributed by atoms with E-state index in [-0.39, 0.29) is 16.2 Å². The summed E-state index contributed by atoms with van der Waals surface area (Å²) in [5.41, 5.74) is 18.4. The molecule has 1 nitrogen and oxygen atoms in total. The lowest BCUT2D eigenvalue weighted by molar-refractivity contribution is -0.0399. The molecule has 4 bridgehead atoms. The summed E-state index contributed by atoms with van der Waals surface area (Å²) in [6.45, 7) is 9.76. The van der Waals surface area contributed by atoms with Gasteiger partial charge in [-0.05, 0) is 171 Å². The first-order valence-corrected chi connectivity index (χ1v) is 22.6. The number of benzene rings is 7. The van der Waals surface area contributed by atoms with Crippen molar-refractivity contribution in [1.29, 1.82) is 0 Å². The Labute approximate surface area is 351 Å². The van der Waals surface area contributed by atoms with Gasteiger partial charge in [-0.2, -0.15) is 0 Å². The van der Waals surface area contributed by atoms with Gasteiger partial charge in [0, 0.05) is 22.4 Å². The highest BCUT2D eigenvalue weighted by atomic mass is 15.1. The van der Waals surface area contributed by atoms with Crippen LogP contribution >= 0.6 is 0 Å². The van der Waals surface area contributed by atoms with Gasteiger partial charge < -0.3 is 4.90 Å². The van der Waals surface area contributed by atoms with E-state index in [9.17, 15) is 0 Å². The highest BCUT2D eigenvalue weighted by molar-refractivity contribution is 5.97. The Hall–Kier alpha value is -5.40. The monoisotopic (exact) mass is 765 g/mol. The van der Waals surface area contributed by atoms with Gasteiger partial charge >= 0.3 is 0 Å². The van der Waals surface area contributed by atoms with Gasteiger partial charge in [0.1, 0.15) is 0 Å². The number of hydrogen-bond acceptors (Lipinski definition) is 1. The van der Waals surface area contributed by atoms with Gasteiger partial charge in [0.05, 0.1) is 5.69 Å². The van der Waals surface area contributed by atoms with Crippen LogP contribution in [0.2, 0.25) is 0 Å². The minimum absolute atomic E-state index is 0.107. The third-order valence-electron chi connectivity index (χ3n) is 16.3. The normalized spacial score (nSPS) is 25.2. The maximum Gasteiger partial charge on any atom is 0.0540 e. The van der Waals surface area contributed by atoms with Gasteiger partial charge in [-0.3, -0.25) is 0 Å². The molecule has 13 rings (SSSR count). The van der Waals surface area contributed by atoms with E-state index in [1.54, 1.807) is 11.1 Å². The minimum atomic E-state index is 0.107. The van der Waals surface area contributed by atoms with Crippen LogP contribution in [0.3, 0.4) is 0 Å². The molecule has 4 saturated carbocycles. The molecule has 0 N–H and O–H groups in total. The lowest BCUT2D eigenvalue weighted by Crippen LogP contribution is -2.55. The van der Waals surface area contributed by atoms with Crippen LogP contribution < -0.4 is 4.90 Å². The summed E-state index contributed by atoms with van der Waals surface area (Å²) in [6.07, 6.45) is 9.44. The second-order valence-electron chi connectivity index (χ2n) is 20.4. The number of rotatable bonds is 5. The predicted molar refractivity (Wildman–Crippen MR) is 248 cm³/mol. The number of anilines is 3. The van der Waals surface area contributed by atoms with Crippen LogP contribution in [-0.4, -0.2) is 0 Å². The fourth-order valence-electron chi connectivity index (χ4n) is 13.6. The first-order valence-electron chi connectivity index (χ1n) is 22.6. The fraction of sp³-hybridized carbons (Fsp3) is 0.310. The summed E-state index contributed by atoms with van der Waals surface area (Å²) in [5.74, 6) is 3.28. The molecule has 0 aromatic heterocycles. The van der Waals surface area contributed by atoms with E-state index in [4.69, 9.17) is 0 Å². The topological polar surface area (TPSA) is 3.24 Å². The van der Waals surface area contributed by atoms with E-state index >= 15 is 0 Å². The third-order valence-corrected chi connectivity index (χ3v) is 16.3. The maximum absolute atomic E-state index is 2.66. The summed E-state index contributed by atoms with van der Waals surface area (Å²) < 4.78 is 0. The van der Waals surface area contributed by atoms with Crippen molar-refractivity contribution in [3.05, 3.63) is 174 Å². The van der Waals surface area contributed by atoms with E-state index in [1.165, 1.54) is 117 Å². The molecule has 4 fully saturated rings. The number of fused-ring (bicyclic) bond motifs is 5. The average Bonchev–Trinajstić information content (AvgIpc) is 3.54. The van der Waals surface area contributed by atoms with E-state index in [0.717, 1.165) is 23.7 Å². The van der Waals surface area contributed by atoms with E-state index in [1.807, 2.05) is 0 Å². The summed E-state index contributed by atoms with van der Waals surface area (Å²) in [4.78, 5) is 2.59. The highest BCUT2D eigenvalue weighted by Gasteiger charge is 2.61. The number of para-hydroxylation sites is 1. The quantitative estimate of drug-likeness (QED) is 0.169. The van der Waals surface area contributed by atoms with Gasteiger partial charge in [0.25, 0.3) is 0 Å². The predicted octanol–water partition coefficient (Wildman–Crippen LogP) is 15.7. The van der Waals surface area contributed by atoms with Crippen LogP contribution in [0, 0.1) is 23.7 Å². The Bertz CT molecular complexity index is 2770. The van der Waals surface area contributed by atoms with Crippen molar-refractivity contribution in [2.75, 3.05) is 4.90 Å². The van der Waals surface area contributed by atoms with Gasteiger partial charge in [0.2, 0.25) is 0 Å². The molecule has 0 amide bonds. The molecule has 7 aromatic carbocycles. The van der Waals surface area contributed by atoms with E-state index in [0.29, 0.717) is 0 Å². The summed E-state index contributed by atoms with van der Waals surface area (Å²) in [6, 6.07) is 58.6. The van der Waals surface area contributed by atoms with E-state index in [2.05, 4.69) is 184 Å². The Balaban J connectivity index is 1.05. The molecular formula is C58H55N. The Morgan fingerprint density at radius 3 is 1.80 bits per heavy atom. The zero-order valence-electron chi connectivity index (χ0n) is 35.1. The third kappa shape index (κ3) is 5.22. The number of hydrogen-bond donors (Lipinski definition) is 0. The summed E-state index contributed by atoms with van der Waals surface area (Å²) >= 11 is 0. The molecule has 59 heavy (non-hydrogen) atoms. The highest BCUT2D eigenvalue weighted by Crippen LogP contribution is 2.69. The molecule has 0 heterocycles. The van der Waals surface area contributed by atoms with Gasteiger partial charge in [-0.1, -0.05) is 149 Å². The molecule has 1 spiro atoms. The van der Waals surface area contributed by atoms with Gasteiger partial charge in [-0.25, -0.2) is 0 Å². The summed E-state index contributed by atoms with van der Waals surface area (Å²) in [5, 5.41) is 2.57. The number of nitrogens with zero attached hydrogens (tertiary/aromatic N) is 1. The maximum atomic E-state index is 2.66. The molecule has 6 aliphatic carbocycles. The largest absolute Gasteiger partial charge is 0.310 e. The zero-order chi connectivity index (χ0) is 39.7. The van der Waals surface area contributed by atoms with Crippen molar-refractivity contribution < 1.29 is 0 Å². The van der Waals surface area contributed by atoms with Crippen molar-refractivity contribution in [1.82, 2.24) is 0 Å². The molecule has 0 radical (unpaired) electrons. The lowest BCUT2D eigenvalue weighted by atomic mass is 9.43. The van der Waals surface area contributed by atoms with Crippen LogP contribution in [0.25, 0.3) is 44.2 Å². The molecule has 1 heteroatoms. The van der Waals surface area contributed by atoms with Crippen LogP contribution in [0.4, 0.5) is 17.1 Å². The average molecular weight is 766 g/mol. The van der Waals surface area contributed by atoms with Gasteiger partial charge in [0.15, 0.2) is 0 Å². The lowest BCUT2D eigenvalue weighted by Gasteiger charge is -2.61. The van der Waals surface area contributed by atoms with Crippen LogP contribution in [0.15, 0.2) is 152 Å². The van der Waals surface area contributed by atoms with Crippen LogP contribution in [-0.2, 0) is 16.2 Å². The molecule has 0 saturated heterocycles. The molecule has 0 unspecified atom stereocenters. The molecule has 292 valence electrons. The standard InChI is InChI=1S/C58H55N/c1-56(2)28-29-57(3,4)54-35-41(22-27-52(54)56)48-15-8-10-19-55(48)59(44-23-20-40(21-24-44)47-17-11-13-39-12-5-6-14-46(39)47)45-25-26-50-49-16-7-9-18-51(49)58(53(50)36-45)42-31-37-30-38(33-42)34-43(58)32-37/h5-27,35-38,42-43H,28-34H2,1-4H3. The molecule has 0 atom stereocenters. The molecular weight excluding hydrogens is 711 g/mol. The Morgan fingerprint density at radius 1 is 0.424 bits per heavy atom. The van der Waals surface area contributed by atoms with Crippen molar-refractivity contribution in [3.8, 4) is 33.4 Å². The van der Waals surface area contributed by atoms with Gasteiger partial charge in [-0.15, -0.1) is 0 Å². The van der Waals surface area contributed by atoms with Crippen molar-refractivity contribution in [3.63, 3.8) is 0 Å². The summed E-state index contributed by atoms with van der Waals surface area (Å²) in [7, 11) is 0. The Morgan fingerprint density at radius 2 is 1.02 bits per heavy atom. The van der Waals surface area contributed by atoms with E-state index < -0.39 is 0 Å². The van der Waals surface area contributed by atoms with Crippen molar-refractivity contribution in [2.45, 2.75) is 88.9 Å². The smallest absolute Gasteiger partial charge is 0.0540 e. The molecule has 6 aliphatic rings. The Kier molecular flexibility index (Phi) is 7.71. The molecule has 7 aromatic rings.